The number of hydrogen-bond donors (Lipinski definition) is 1. The van der Waals surface area contributed by atoms with Gasteiger partial charge >= 0.3 is 0 Å². The summed E-state index contributed by atoms with van der Waals surface area (Å²) in [5.41, 5.74) is 0.871. The molecule has 1 unspecified atom stereocenters. The molecule has 0 saturated carbocycles. The molecular weight excluding hydrogens is 196 g/mol. The molecule has 0 aromatic carbocycles. The number of hydrogen-bond acceptors (Lipinski definition) is 4. The molecule has 1 aliphatic heterocycles. The molecule has 1 N–H and O–H groups in total. The van der Waals surface area contributed by atoms with E-state index in [0.29, 0.717) is 16.9 Å². The number of aliphatic hydroxyl groups is 1. The van der Waals surface area contributed by atoms with Gasteiger partial charge in [-0.1, -0.05) is 0 Å². The van der Waals surface area contributed by atoms with Gasteiger partial charge in [0, 0.05) is 6.42 Å². The van der Waals surface area contributed by atoms with Gasteiger partial charge < -0.3 is 9.84 Å². The highest BCUT2D eigenvalue weighted by Crippen LogP contribution is 2.25. The Morgan fingerprint density at radius 3 is 2.87 bits per heavy atom. The van der Waals surface area contributed by atoms with Gasteiger partial charge in [0.05, 0.1) is 5.57 Å². The molecule has 15 heavy (non-hydrogen) atoms. The second-order valence-corrected chi connectivity index (χ2v) is 3.55. The van der Waals surface area contributed by atoms with E-state index in [0.717, 1.165) is 0 Å². The van der Waals surface area contributed by atoms with E-state index in [4.69, 9.17) is 4.74 Å². The third-order valence-corrected chi connectivity index (χ3v) is 2.34. The van der Waals surface area contributed by atoms with Gasteiger partial charge in [-0.05, 0) is 24.6 Å². The van der Waals surface area contributed by atoms with Crippen LogP contribution < -0.4 is 0 Å². The first-order valence-corrected chi connectivity index (χ1v) is 4.60. The molecule has 0 aromatic heterocycles. The minimum absolute atomic E-state index is 0.180. The Hall–Kier alpha value is -1.68. The minimum atomic E-state index is -1.23. The first kappa shape index (κ1) is 9.86. The fourth-order valence-electron chi connectivity index (χ4n) is 1.53. The number of carbonyl (C=O) groups is 2. The van der Waals surface area contributed by atoms with Crippen LogP contribution in [0, 0.1) is 0 Å². The van der Waals surface area contributed by atoms with Crippen molar-refractivity contribution < 1.29 is 19.4 Å². The zero-order valence-electron chi connectivity index (χ0n) is 8.19. The summed E-state index contributed by atoms with van der Waals surface area (Å²) in [6.45, 7) is 1.73. The number of ether oxygens (including phenoxy) is 1. The Balaban J connectivity index is 2.47. The van der Waals surface area contributed by atoms with Crippen LogP contribution in [-0.2, 0) is 14.3 Å². The summed E-state index contributed by atoms with van der Waals surface area (Å²) in [4.78, 5) is 22.9. The molecular formula is C11H10O4. The highest BCUT2D eigenvalue weighted by molar-refractivity contribution is 6.09. The summed E-state index contributed by atoms with van der Waals surface area (Å²) in [5.74, 6) is -0.0990. The van der Waals surface area contributed by atoms with Crippen LogP contribution in [0.15, 0.2) is 35.3 Å². The highest BCUT2D eigenvalue weighted by atomic mass is 16.5. The Morgan fingerprint density at radius 2 is 2.13 bits per heavy atom. The molecule has 0 spiro atoms. The van der Waals surface area contributed by atoms with Crippen LogP contribution in [0.25, 0.3) is 0 Å². The maximum absolute atomic E-state index is 11.6. The molecule has 1 heterocycles. The van der Waals surface area contributed by atoms with E-state index in [9.17, 15) is 14.7 Å². The topological polar surface area (TPSA) is 63.6 Å². The number of ketones is 2. The van der Waals surface area contributed by atoms with Crippen molar-refractivity contribution in [3.05, 3.63) is 35.3 Å². The van der Waals surface area contributed by atoms with Crippen molar-refractivity contribution in [1.82, 2.24) is 0 Å². The van der Waals surface area contributed by atoms with E-state index < -0.39 is 11.9 Å². The fourth-order valence-corrected chi connectivity index (χ4v) is 1.53. The lowest BCUT2D eigenvalue weighted by molar-refractivity contribution is -0.126. The summed E-state index contributed by atoms with van der Waals surface area (Å²) >= 11 is 0. The molecule has 0 radical (unpaired) electrons. The summed E-state index contributed by atoms with van der Waals surface area (Å²) in [6.07, 6.45) is 2.82. The Bertz CT molecular complexity index is 426. The first-order chi connectivity index (χ1) is 7.08. The van der Waals surface area contributed by atoms with Gasteiger partial charge in [0.15, 0.2) is 11.6 Å². The molecule has 2 aliphatic rings. The number of Topliss-reactive ketones (excluding diaryl/α,β-unsaturated/α-hetero) is 1. The van der Waals surface area contributed by atoms with Crippen molar-refractivity contribution >= 4 is 11.6 Å². The van der Waals surface area contributed by atoms with Crippen molar-refractivity contribution in [1.29, 1.82) is 0 Å². The fraction of sp³-hybridized carbons (Fsp3) is 0.273. The van der Waals surface area contributed by atoms with Crippen LogP contribution >= 0.6 is 0 Å². The molecule has 4 heteroatoms. The molecule has 0 bridgehead atoms. The average Bonchev–Trinajstić information content (AvgIpc) is 2.25. The van der Waals surface area contributed by atoms with Crippen LogP contribution in [0.3, 0.4) is 0 Å². The minimum Gasteiger partial charge on any atom is -0.469 e. The Kier molecular flexibility index (Phi) is 2.28. The van der Waals surface area contributed by atoms with Gasteiger partial charge in [0.25, 0.3) is 0 Å². The lowest BCUT2D eigenvalue weighted by Crippen LogP contribution is -2.20. The van der Waals surface area contributed by atoms with Crippen LogP contribution in [0.4, 0.5) is 0 Å². The van der Waals surface area contributed by atoms with E-state index in [1.165, 1.54) is 12.3 Å². The van der Waals surface area contributed by atoms with Gasteiger partial charge in [-0.15, -0.1) is 0 Å². The molecule has 78 valence electrons. The van der Waals surface area contributed by atoms with E-state index in [-0.39, 0.29) is 12.2 Å². The predicted molar refractivity (Wildman–Crippen MR) is 51.6 cm³/mol. The van der Waals surface area contributed by atoms with Crippen LogP contribution in [0.2, 0.25) is 0 Å². The summed E-state index contributed by atoms with van der Waals surface area (Å²) in [5, 5.41) is 9.34. The molecule has 4 nitrogen and oxygen atoms in total. The third kappa shape index (κ3) is 1.76. The van der Waals surface area contributed by atoms with Gasteiger partial charge in [0.1, 0.15) is 18.1 Å². The van der Waals surface area contributed by atoms with E-state index in [2.05, 4.69) is 0 Å². The SMILES string of the molecule is CC1=CC2=CC(=O)C(O)CC(=O)C2=CO1. The number of rotatable bonds is 0. The zero-order chi connectivity index (χ0) is 11.0. The lowest BCUT2D eigenvalue weighted by atomic mass is 10.0. The highest BCUT2D eigenvalue weighted by Gasteiger charge is 2.28. The normalized spacial score (nSPS) is 25.7. The maximum Gasteiger partial charge on any atom is 0.185 e. The van der Waals surface area contributed by atoms with Crippen LogP contribution in [0.1, 0.15) is 13.3 Å². The quantitative estimate of drug-likeness (QED) is 0.631. The maximum atomic E-state index is 11.6. The number of allylic oxidation sites excluding steroid dienone is 4. The van der Waals surface area contributed by atoms with Gasteiger partial charge in [-0.2, -0.15) is 0 Å². The van der Waals surface area contributed by atoms with E-state index in [1.54, 1.807) is 13.0 Å². The van der Waals surface area contributed by atoms with Gasteiger partial charge in [-0.25, -0.2) is 0 Å². The molecule has 2 rings (SSSR count). The Morgan fingerprint density at radius 1 is 1.40 bits per heavy atom. The second-order valence-electron chi connectivity index (χ2n) is 3.55. The lowest BCUT2D eigenvalue weighted by Gasteiger charge is -2.12. The monoisotopic (exact) mass is 206 g/mol. The largest absolute Gasteiger partial charge is 0.469 e. The standard InChI is InChI=1S/C11H10O4/c1-6-2-7-3-10(13)11(14)4-9(12)8(7)5-15-6/h2-3,5,11,14H,4H2,1H3. The van der Waals surface area contributed by atoms with Crippen LogP contribution in [-0.4, -0.2) is 22.8 Å². The van der Waals surface area contributed by atoms with E-state index >= 15 is 0 Å². The molecule has 0 fully saturated rings. The number of aliphatic hydroxyl groups excluding tert-OH is 1. The van der Waals surface area contributed by atoms with Crippen molar-refractivity contribution in [3.63, 3.8) is 0 Å². The number of carbonyl (C=O) groups excluding carboxylic acids is 2. The van der Waals surface area contributed by atoms with Gasteiger partial charge in [-0.3, -0.25) is 9.59 Å². The molecule has 0 saturated heterocycles. The van der Waals surface area contributed by atoms with Crippen molar-refractivity contribution in [2.45, 2.75) is 19.4 Å². The number of fused-ring (bicyclic) bond motifs is 1. The smallest absolute Gasteiger partial charge is 0.185 e. The summed E-state index contributed by atoms with van der Waals surface area (Å²) in [6, 6.07) is 0. The van der Waals surface area contributed by atoms with Crippen molar-refractivity contribution in [3.8, 4) is 0 Å². The zero-order valence-corrected chi connectivity index (χ0v) is 8.19. The molecule has 1 aliphatic carbocycles. The molecule has 1 atom stereocenters. The van der Waals surface area contributed by atoms with Crippen LogP contribution in [0.5, 0.6) is 0 Å². The average molecular weight is 206 g/mol. The predicted octanol–water partition coefficient (Wildman–Crippen LogP) is 0.633. The molecule has 0 amide bonds. The van der Waals surface area contributed by atoms with Crippen molar-refractivity contribution in [2.24, 2.45) is 0 Å². The first-order valence-electron chi connectivity index (χ1n) is 4.60. The Labute approximate surface area is 86.5 Å². The second kappa shape index (κ2) is 3.47. The summed E-state index contributed by atoms with van der Waals surface area (Å²) in [7, 11) is 0. The molecule has 0 aromatic rings. The van der Waals surface area contributed by atoms with E-state index in [1.807, 2.05) is 0 Å². The van der Waals surface area contributed by atoms with Crippen molar-refractivity contribution in [2.75, 3.05) is 0 Å². The third-order valence-electron chi connectivity index (χ3n) is 2.34. The summed E-state index contributed by atoms with van der Waals surface area (Å²) < 4.78 is 5.09. The van der Waals surface area contributed by atoms with Gasteiger partial charge in [0.2, 0.25) is 0 Å².